The van der Waals surface area contributed by atoms with Gasteiger partial charge in [0.25, 0.3) is 0 Å². The number of carbonyl (C=O) groups excluding carboxylic acids is 1. The van der Waals surface area contributed by atoms with Gasteiger partial charge in [0.2, 0.25) is 5.91 Å². The maximum absolute atomic E-state index is 12.0. The molecule has 4 heteroatoms. The fraction of sp³-hybridized carbons (Fsp3) is 0.923. The molecule has 1 aliphatic rings. The summed E-state index contributed by atoms with van der Waals surface area (Å²) in [5, 5.41) is 9.85. The first kappa shape index (κ1) is 14.5. The molecule has 0 aromatic rings. The summed E-state index contributed by atoms with van der Waals surface area (Å²) in [7, 11) is 0. The minimum absolute atomic E-state index is 0.195. The van der Waals surface area contributed by atoms with E-state index < -0.39 is 5.60 Å². The lowest BCUT2D eigenvalue weighted by molar-refractivity contribution is -0.132. The van der Waals surface area contributed by atoms with E-state index in [1.165, 1.54) is 0 Å². The van der Waals surface area contributed by atoms with Crippen molar-refractivity contribution in [2.24, 2.45) is 0 Å². The van der Waals surface area contributed by atoms with Gasteiger partial charge in [-0.15, -0.1) is 0 Å². The Balaban J connectivity index is 2.51. The Bertz CT molecular complexity index is 253. The molecule has 0 saturated carbocycles. The Morgan fingerprint density at radius 2 is 1.88 bits per heavy atom. The Kier molecular flexibility index (Phi) is 4.95. The van der Waals surface area contributed by atoms with Crippen LogP contribution in [0.3, 0.4) is 0 Å². The molecular weight excluding hydrogens is 216 g/mol. The summed E-state index contributed by atoms with van der Waals surface area (Å²) in [5.74, 6) is 0.195. The van der Waals surface area contributed by atoms with Crippen LogP contribution >= 0.6 is 0 Å². The van der Waals surface area contributed by atoms with E-state index in [4.69, 9.17) is 0 Å². The lowest BCUT2D eigenvalue weighted by Crippen LogP contribution is -2.47. The van der Waals surface area contributed by atoms with Crippen LogP contribution < -0.4 is 0 Å². The third-order valence-electron chi connectivity index (χ3n) is 3.12. The van der Waals surface area contributed by atoms with Crippen molar-refractivity contribution in [2.75, 3.05) is 26.2 Å². The Morgan fingerprint density at radius 3 is 2.29 bits per heavy atom. The second kappa shape index (κ2) is 5.83. The van der Waals surface area contributed by atoms with E-state index in [1.54, 1.807) is 13.8 Å². The molecule has 0 aliphatic carbocycles. The summed E-state index contributed by atoms with van der Waals surface area (Å²) in [4.78, 5) is 16.0. The Hall–Kier alpha value is -0.610. The van der Waals surface area contributed by atoms with Crippen LogP contribution in [0.2, 0.25) is 0 Å². The quantitative estimate of drug-likeness (QED) is 0.785. The van der Waals surface area contributed by atoms with Gasteiger partial charge in [0.05, 0.1) is 12.1 Å². The maximum atomic E-state index is 12.0. The van der Waals surface area contributed by atoms with Gasteiger partial charge in [0.1, 0.15) is 0 Å². The van der Waals surface area contributed by atoms with Crippen molar-refractivity contribution in [1.29, 1.82) is 0 Å². The molecule has 1 fully saturated rings. The third kappa shape index (κ3) is 5.04. The van der Waals surface area contributed by atoms with Gasteiger partial charge in [-0.25, -0.2) is 0 Å². The summed E-state index contributed by atoms with van der Waals surface area (Å²) in [6.07, 6.45) is 2.25. The molecule has 1 rings (SSSR count). The van der Waals surface area contributed by atoms with Crippen molar-refractivity contribution in [1.82, 2.24) is 9.80 Å². The summed E-state index contributed by atoms with van der Waals surface area (Å²) in [6, 6.07) is 0.271. The highest BCUT2D eigenvalue weighted by atomic mass is 16.3. The van der Waals surface area contributed by atoms with E-state index in [2.05, 4.69) is 13.8 Å². The Labute approximate surface area is 105 Å². The van der Waals surface area contributed by atoms with E-state index >= 15 is 0 Å². The average molecular weight is 242 g/mol. The van der Waals surface area contributed by atoms with Gasteiger partial charge in [-0.1, -0.05) is 0 Å². The molecule has 1 amide bonds. The summed E-state index contributed by atoms with van der Waals surface area (Å²) in [5.41, 5.74) is -0.754. The van der Waals surface area contributed by atoms with Gasteiger partial charge in [0.15, 0.2) is 0 Å². The van der Waals surface area contributed by atoms with Gasteiger partial charge in [0, 0.05) is 25.7 Å². The fourth-order valence-electron chi connectivity index (χ4n) is 2.16. The zero-order valence-electron chi connectivity index (χ0n) is 11.6. The molecule has 1 aliphatic heterocycles. The zero-order valence-corrected chi connectivity index (χ0v) is 11.6. The zero-order chi connectivity index (χ0) is 13.1. The van der Waals surface area contributed by atoms with E-state index in [9.17, 15) is 9.90 Å². The molecule has 4 nitrogen and oxygen atoms in total. The van der Waals surface area contributed by atoms with Crippen LogP contribution in [-0.2, 0) is 4.79 Å². The molecule has 0 spiro atoms. The number of amides is 1. The number of rotatable bonds is 5. The molecule has 1 saturated heterocycles. The molecule has 0 unspecified atom stereocenters. The summed E-state index contributed by atoms with van der Waals surface area (Å²) >= 11 is 0. The molecule has 0 atom stereocenters. The highest BCUT2D eigenvalue weighted by Crippen LogP contribution is 2.12. The number of aliphatic hydroxyl groups is 1. The van der Waals surface area contributed by atoms with Gasteiger partial charge in [-0.2, -0.15) is 0 Å². The molecule has 17 heavy (non-hydrogen) atoms. The van der Waals surface area contributed by atoms with E-state index in [-0.39, 0.29) is 11.9 Å². The highest BCUT2D eigenvalue weighted by molar-refractivity contribution is 5.78. The maximum Gasteiger partial charge on any atom is 0.236 e. The number of likely N-dealkylation sites (tertiary alicyclic amines) is 1. The van der Waals surface area contributed by atoms with Crippen LogP contribution in [0.15, 0.2) is 0 Å². The number of hydrogen-bond acceptors (Lipinski definition) is 3. The average Bonchev–Trinajstić information content (AvgIpc) is 2.66. The first-order valence-electron chi connectivity index (χ1n) is 6.54. The predicted octanol–water partition coefficient (Wildman–Crippen LogP) is 1.09. The minimum Gasteiger partial charge on any atom is -0.389 e. The minimum atomic E-state index is -0.754. The van der Waals surface area contributed by atoms with Crippen molar-refractivity contribution in [3.63, 3.8) is 0 Å². The molecule has 0 radical (unpaired) electrons. The van der Waals surface area contributed by atoms with Crippen molar-refractivity contribution < 1.29 is 9.90 Å². The normalized spacial score (nSPS) is 17.2. The van der Waals surface area contributed by atoms with Gasteiger partial charge in [-0.05, 0) is 40.5 Å². The highest BCUT2D eigenvalue weighted by Gasteiger charge is 2.25. The van der Waals surface area contributed by atoms with E-state index in [1.807, 2.05) is 9.80 Å². The topological polar surface area (TPSA) is 43.8 Å². The first-order valence-corrected chi connectivity index (χ1v) is 6.54. The largest absolute Gasteiger partial charge is 0.389 e. The summed E-state index contributed by atoms with van der Waals surface area (Å²) < 4.78 is 0. The molecule has 0 bridgehead atoms. The van der Waals surface area contributed by atoms with Gasteiger partial charge in [-0.3, -0.25) is 9.69 Å². The SMILES string of the molecule is CC(C)N(CC(=O)N1CCCC1)CC(C)(C)O. The van der Waals surface area contributed by atoms with E-state index in [0.29, 0.717) is 13.1 Å². The molecule has 0 aromatic heterocycles. The van der Waals surface area contributed by atoms with Crippen molar-refractivity contribution >= 4 is 5.91 Å². The summed E-state index contributed by atoms with van der Waals surface area (Å²) in [6.45, 7) is 10.4. The second-order valence-electron chi connectivity index (χ2n) is 5.90. The molecule has 1 heterocycles. The molecule has 100 valence electrons. The van der Waals surface area contributed by atoms with Crippen LogP contribution in [0, 0.1) is 0 Å². The van der Waals surface area contributed by atoms with Gasteiger partial charge < -0.3 is 10.0 Å². The lowest BCUT2D eigenvalue weighted by atomic mass is 10.1. The van der Waals surface area contributed by atoms with Gasteiger partial charge >= 0.3 is 0 Å². The van der Waals surface area contributed by atoms with Crippen LogP contribution in [0.5, 0.6) is 0 Å². The number of hydrogen-bond donors (Lipinski definition) is 1. The van der Waals surface area contributed by atoms with Crippen molar-refractivity contribution in [2.45, 2.75) is 52.2 Å². The number of nitrogens with zero attached hydrogens (tertiary/aromatic N) is 2. The lowest BCUT2D eigenvalue weighted by Gasteiger charge is -2.32. The van der Waals surface area contributed by atoms with Crippen LogP contribution in [0.4, 0.5) is 0 Å². The Morgan fingerprint density at radius 1 is 1.35 bits per heavy atom. The fourth-order valence-corrected chi connectivity index (χ4v) is 2.16. The van der Waals surface area contributed by atoms with E-state index in [0.717, 1.165) is 25.9 Å². The second-order valence-corrected chi connectivity index (χ2v) is 5.90. The van der Waals surface area contributed by atoms with Crippen LogP contribution in [0.1, 0.15) is 40.5 Å². The molecule has 0 aromatic carbocycles. The first-order chi connectivity index (χ1) is 7.79. The monoisotopic (exact) mass is 242 g/mol. The van der Waals surface area contributed by atoms with Crippen molar-refractivity contribution in [3.8, 4) is 0 Å². The number of carbonyl (C=O) groups is 1. The predicted molar refractivity (Wildman–Crippen MR) is 68.8 cm³/mol. The van der Waals surface area contributed by atoms with Crippen LogP contribution in [-0.4, -0.2) is 58.6 Å². The standard InChI is InChI=1S/C13H26N2O2/c1-11(2)15(10-13(3,4)17)9-12(16)14-7-5-6-8-14/h11,17H,5-10H2,1-4H3. The smallest absolute Gasteiger partial charge is 0.236 e. The molecular formula is C13H26N2O2. The van der Waals surface area contributed by atoms with Crippen molar-refractivity contribution in [3.05, 3.63) is 0 Å². The third-order valence-corrected chi connectivity index (χ3v) is 3.12. The molecule has 1 N–H and O–H groups in total. The van der Waals surface area contributed by atoms with Crippen LogP contribution in [0.25, 0.3) is 0 Å².